The maximum Gasteiger partial charge on any atom is 0.254 e. The molecule has 0 radical (unpaired) electrons. The zero-order valence-corrected chi connectivity index (χ0v) is 16.9. The van der Waals surface area contributed by atoms with E-state index in [9.17, 15) is 13.2 Å². The predicted molar refractivity (Wildman–Crippen MR) is 100 cm³/mol. The molecule has 1 N–H and O–H groups in total. The molecule has 1 aliphatic rings. The van der Waals surface area contributed by atoms with Crippen LogP contribution in [0.4, 0.5) is 0 Å². The zero-order valence-electron chi connectivity index (χ0n) is 15.3. The number of hydrogen-bond acceptors (Lipinski definition) is 3. The molecule has 2 rings (SSSR count). The SMILES string of the molecule is CCC1CCCCN1C(=O)c1ccc(Cl)c(S(=O)(=O)NC(C)(C)C)c1. The summed E-state index contributed by atoms with van der Waals surface area (Å²) >= 11 is 6.11. The van der Waals surface area contributed by atoms with E-state index in [0.29, 0.717) is 12.1 Å². The third kappa shape index (κ3) is 4.96. The number of nitrogens with one attached hydrogen (secondary N) is 1. The second-order valence-electron chi connectivity index (χ2n) is 7.56. The molecule has 1 aromatic carbocycles. The van der Waals surface area contributed by atoms with Gasteiger partial charge >= 0.3 is 0 Å². The van der Waals surface area contributed by atoms with Gasteiger partial charge in [-0.1, -0.05) is 18.5 Å². The minimum atomic E-state index is -3.81. The number of hydrogen-bond donors (Lipinski definition) is 1. The van der Waals surface area contributed by atoms with E-state index in [4.69, 9.17) is 11.6 Å². The topological polar surface area (TPSA) is 66.5 Å². The minimum absolute atomic E-state index is 0.0556. The van der Waals surface area contributed by atoms with Crippen molar-refractivity contribution in [2.75, 3.05) is 6.54 Å². The molecular weight excluding hydrogens is 360 g/mol. The van der Waals surface area contributed by atoms with Crippen LogP contribution < -0.4 is 4.72 Å². The Hall–Kier alpha value is -1.11. The van der Waals surface area contributed by atoms with Gasteiger partial charge in [0, 0.05) is 23.7 Å². The maximum atomic E-state index is 12.9. The number of sulfonamides is 1. The molecule has 1 unspecified atom stereocenters. The Kier molecular flexibility index (Phi) is 6.17. The van der Waals surface area contributed by atoms with Gasteiger partial charge in [-0.25, -0.2) is 13.1 Å². The molecule has 1 aliphatic heterocycles. The fraction of sp³-hybridized carbons (Fsp3) is 0.611. The summed E-state index contributed by atoms with van der Waals surface area (Å²) in [5.41, 5.74) is -0.276. The molecule has 140 valence electrons. The Balaban J connectivity index is 2.37. The summed E-state index contributed by atoms with van der Waals surface area (Å²) in [5, 5.41) is 0.110. The van der Waals surface area contributed by atoms with E-state index < -0.39 is 15.6 Å². The van der Waals surface area contributed by atoms with Crippen molar-refractivity contribution in [3.63, 3.8) is 0 Å². The van der Waals surface area contributed by atoms with E-state index in [0.717, 1.165) is 25.7 Å². The van der Waals surface area contributed by atoms with Crippen molar-refractivity contribution in [1.29, 1.82) is 0 Å². The second kappa shape index (κ2) is 7.64. The van der Waals surface area contributed by atoms with Gasteiger partial charge in [0.1, 0.15) is 4.90 Å². The standard InChI is InChI=1S/C18H27ClN2O3S/c1-5-14-8-6-7-11-21(14)17(22)13-9-10-15(19)16(12-13)25(23,24)20-18(2,3)4/h9-10,12,14,20H,5-8,11H2,1-4H3. The van der Waals surface area contributed by atoms with Crippen LogP contribution in [0.1, 0.15) is 63.7 Å². The van der Waals surface area contributed by atoms with Crippen molar-refractivity contribution in [2.45, 2.75) is 69.9 Å². The van der Waals surface area contributed by atoms with Crippen LogP contribution in [0.5, 0.6) is 0 Å². The molecule has 1 aromatic rings. The normalized spacial score (nSPS) is 19.1. The molecule has 1 heterocycles. The first-order valence-electron chi connectivity index (χ1n) is 8.69. The third-order valence-corrected chi connectivity index (χ3v) is 6.51. The molecule has 5 nitrogen and oxygen atoms in total. The first-order valence-corrected chi connectivity index (χ1v) is 10.6. The van der Waals surface area contributed by atoms with Crippen LogP contribution >= 0.6 is 11.6 Å². The summed E-state index contributed by atoms with van der Waals surface area (Å²) in [6, 6.07) is 4.68. The van der Waals surface area contributed by atoms with Gasteiger partial charge in [-0.3, -0.25) is 4.79 Å². The van der Waals surface area contributed by atoms with Crippen molar-refractivity contribution in [3.8, 4) is 0 Å². The lowest BCUT2D eigenvalue weighted by atomic mass is 9.99. The van der Waals surface area contributed by atoms with E-state index in [1.807, 2.05) is 4.90 Å². The fourth-order valence-corrected chi connectivity index (χ4v) is 5.10. The molecule has 1 saturated heterocycles. The lowest BCUT2D eigenvalue weighted by molar-refractivity contribution is 0.0608. The van der Waals surface area contributed by atoms with Gasteiger partial charge in [0.15, 0.2) is 0 Å². The summed E-state index contributed by atoms with van der Waals surface area (Å²) in [6.45, 7) is 8.05. The van der Waals surface area contributed by atoms with Crippen molar-refractivity contribution >= 4 is 27.5 Å². The number of amides is 1. The van der Waals surface area contributed by atoms with E-state index in [1.54, 1.807) is 26.8 Å². The molecule has 0 aliphatic carbocycles. The Labute approximate surface area is 155 Å². The van der Waals surface area contributed by atoms with Gasteiger partial charge < -0.3 is 4.90 Å². The van der Waals surface area contributed by atoms with Crippen LogP contribution in [0.15, 0.2) is 23.1 Å². The van der Waals surface area contributed by atoms with E-state index in [2.05, 4.69) is 11.6 Å². The highest BCUT2D eigenvalue weighted by molar-refractivity contribution is 7.89. The minimum Gasteiger partial charge on any atom is -0.336 e. The van der Waals surface area contributed by atoms with Gasteiger partial charge in [0.2, 0.25) is 10.0 Å². The summed E-state index contributed by atoms with van der Waals surface area (Å²) in [4.78, 5) is 14.7. The van der Waals surface area contributed by atoms with Crippen molar-refractivity contribution in [2.24, 2.45) is 0 Å². The van der Waals surface area contributed by atoms with Gasteiger partial charge in [-0.2, -0.15) is 0 Å². The van der Waals surface area contributed by atoms with Crippen molar-refractivity contribution in [1.82, 2.24) is 9.62 Å². The quantitative estimate of drug-likeness (QED) is 0.855. The first-order chi connectivity index (χ1) is 11.5. The number of carbonyl (C=O) groups excluding carboxylic acids is 1. The number of benzene rings is 1. The lowest BCUT2D eigenvalue weighted by Gasteiger charge is -2.35. The Morgan fingerprint density at radius 3 is 2.60 bits per heavy atom. The molecular formula is C18H27ClN2O3S. The summed E-state index contributed by atoms with van der Waals surface area (Å²) in [6.07, 6.45) is 3.99. The molecule has 0 bridgehead atoms. The van der Waals surface area contributed by atoms with Gasteiger partial charge in [-0.05, 0) is 64.7 Å². The number of carbonyl (C=O) groups is 1. The predicted octanol–water partition coefficient (Wildman–Crippen LogP) is 3.82. The fourth-order valence-electron chi connectivity index (χ4n) is 3.16. The number of piperidine rings is 1. The smallest absolute Gasteiger partial charge is 0.254 e. The van der Waals surface area contributed by atoms with Crippen LogP contribution in [0.3, 0.4) is 0 Å². The molecule has 25 heavy (non-hydrogen) atoms. The van der Waals surface area contributed by atoms with Crippen LogP contribution in [-0.4, -0.2) is 37.4 Å². The average Bonchev–Trinajstić information content (AvgIpc) is 2.52. The average molecular weight is 387 g/mol. The van der Waals surface area contributed by atoms with Gasteiger partial charge in [0.05, 0.1) is 5.02 Å². The molecule has 1 fully saturated rings. The molecule has 0 aromatic heterocycles. The van der Waals surface area contributed by atoms with Crippen molar-refractivity contribution < 1.29 is 13.2 Å². The van der Waals surface area contributed by atoms with Crippen LogP contribution in [-0.2, 0) is 10.0 Å². The van der Waals surface area contributed by atoms with Gasteiger partial charge in [-0.15, -0.1) is 0 Å². The molecule has 1 atom stereocenters. The molecule has 7 heteroatoms. The van der Waals surface area contributed by atoms with Gasteiger partial charge in [0.25, 0.3) is 5.91 Å². The number of nitrogens with zero attached hydrogens (tertiary/aromatic N) is 1. The first kappa shape index (κ1) is 20.2. The molecule has 0 saturated carbocycles. The van der Waals surface area contributed by atoms with Crippen molar-refractivity contribution in [3.05, 3.63) is 28.8 Å². The Morgan fingerprint density at radius 2 is 2.00 bits per heavy atom. The molecule has 0 spiro atoms. The zero-order chi connectivity index (χ0) is 18.8. The Bertz CT molecular complexity index is 741. The Morgan fingerprint density at radius 1 is 1.32 bits per heavy atom. The van der Waals surface area contributed by atoms with Crippen LogP contribution in [0, 0.1) is 0 Å². The maximum absolute atomic E-state index is 12.9. The summed E-state index contributed by atoms with van der Waals surface area (Å²) in [5.74, 6) is -0.129. The second-order valence-corrected chi connectivity index (χ2v) is 9.62. The van der Waals surface area contributed by atoms with Crippen LogP contribution in [0.25, 0.3) is 0 Å². The molecule has 1 amide bonds. The highest BCUT2D eigenvalue weighted by Gasteiger charge is 2.29. The number of rotatable bonds is 4. The monoisotopic (exact) mass is 386 g/mol. The third-order valence-electron chi connectivity index (χ3n) is 4.27. The highest BCUT2D eigenvalue weighted by Crippen LogP contribution is 2.27. The lowest BCUT2D eigenvalue weighted by Crippen LogP contribution is -2.43. The van der Waals surface area contributed by atoms with E-state index >= 15 is 0 Å². The largest absolute Gasteiger partial charge is 0.336 e. The van der Waals surface area contributed by atoms with Crippen LogP contribution in [0.2, 0.25) is 5.02 Å². The number of halogens is 1. The van der Waals surface area contributed by atoms with E-state index in [1.165, 1.54) is 12.1 Å². The van der Waals surface area contributed by atoms with E-state index in [-0.39, 0.29) is 21.9 Å². The summed E-state index contributed by atoms with van der Waals surface area (Å²) < 4.78 is 27.8. The number of likely N-dealkylation sites (tertiary alicyclic amines) is 1. The summed E-state index contributed by atoms with van der Waals surface area (Å²) in [7, 11) is -3.81. The highest BCUT2D eigenvalue weighted by atomic mass is 35.5.